The van der Waals surface area contributed by atoms with E-state index < -0.39 is 17.7 Å². The highest BCUT2D eigenvalue weighted by atomic mass is 16.5. The lowest BCUT2D eigenvalue weighted by Crippen LogP contribution is -2.31. The minimum atomic E-state index is -0.709. The second-order valence-corrected chi connectivity index (χ2v) is 8.29. The van der Waals surface area contributed by atoms with E-state index in [-0.39, 0.29) is 11.3 Å². The second kappa shape index (κ2) is 10.9. The van der Waals surface area contributed by atoms with Gasteiger partial charge in [-0.3, -0.25) is 9.59 Å². The van der Waals surface area contributed by atoms with Crippen LogP contribution in [0.1, 0.15) is 36.9 Å². The van der Waals surface area contributed by atoms with Crippen LogP contribution in [0.3, 0.4) is 0 Å². The van der Waals surface area contributed by atoms with E-state index in [0.717, 1.165) is 12.0 Å². The van der Waals surface area contributed by atoms with Gasteiger partial charge >= 0.3 is 0 Å². The van der Waals surface area contributed by atoms with Gasteiger partial charge in [0.15, 0.2) is 0 Å². The molecule has 1 aliphatic rings. The standard InChI is InChI=1S/C27H29N3O5/c1-3-17-35-22-11-7-20(8-12-22)25(31)23-24(19-5-9-21(34-2)10-6-19)30(27(33)26(23)32)15-4-14-29-16-13-28-18-29/h5-13,16,18,24,31H,3-4,14-15,17H2,1-2H3/t24-/m0/s1. The minimum absolute atomic E-state index is 0.0741. The number of hydrogen-bond acceptors (Lipinski definition) is 6. The van der Waals surface area contributed by atoms with Gasteiger partial charge in [0, 0.05) is 31.0 Å². The number of aliphatic hydroxyl groups excluding tert-OH is 1. The van der Waals surface area contributed by atoms with Crippen molar-refractivity contribution in [2.24, 2.45) is 0 Å². The summed E-state index contributed by atoms with van der Waals surface area (Å²) >= 11 is 0. The van der Waals surface area contributed by atoms with Crippen LogP contribution in [0, 0.1) is 0 Å². The van der Waals surface area contributed by atoms with Gasteiger partial charge in [0.05, 0.1) is 31.7 Å². The monoisotopic (exact) mass is 475 g/mol. The van der Waals surface area contributed by atoms with E-state index >= 15 is 0 Å². The first-order valence-electron chi connectivity index (χ1n) is 11.6. The highest BCUT2D eigenvalue weighted by Crippen LogP contribution is 2.40. The van der Waals surface area contributed by atoms with Gasteiger partial charge in [-0.05, 0) is 54.8 Å². The molecule has 35 heavy (non-hydrogen) atoms. The van der Waals surface area contributed by atoms with Crippen molar-refractivity contribution in [1.29, 1.82) is 0 Å². The highest BCUT2D eigenvalue weighted by molar-refractivity contribution is 6.46. The molecule has 0 spiro atoms. The third-order valence-electron chi connectivity index (χ3n) is 5.95. The number of hydrogen-bond donors (Lipinski definition) is 1. The number of methoxy groups -OCH3 is 1. The number of likely N-dealkylation sites (tertiary alicyclic amines) is 1. The van der Waals surface area contributed by atoms with Crippen molar-refractivity contribution in [3.63, 3.8) is 0 Å². The number of nitrogens with zero attached hydrogens (tertiary/aromatic N) is 3. The number of benzene rings is 2. The number of amides is 1. The Kier molecular flexibility index (Phi) is 7.50. The number of aliphatic hydroxyl groups is 1. The van der Waals surface area contributed by atoms with E-state index in [4.69, 9.17) is 9.47 Å². The first-order chi connectivity index (χ1) is 17.0. The van der Waals surface area contributed by atoms with Crippen LogP contribution in [-0.2, 0) is 16.1 Å². The van der Waals surface area contributed by atoms with Crippen molar-refractivity contribution in [3.8, 4) is 11.5 Å². The molecular formula is C27H29N3O5. The molecule has 1 fully saturated rings. The molecule has 0 radical (unpaired) electrons. The fourth-order valence-electron chi connectivity index (χ4n) is 4.17. The molecule has 0 bridgehead atoms. The molecule has 4 rings (SSSR count). The Morgan fingerprint density at radius 2 is 1.74 bits per heavy atom. The maximum atomic E-state index is 13.2. The van der Waals surface area contributed by atoms with Gasteiger partial charge in [-0.2, -0.15) is 0 Å². The average Bonchev–Trinajstić information content (AvgIpc) is 3.50. The fourth-order valence-corrected chi connectivity index (χ4v) is 4.17. The number of rotatable bonds is 10. The highest BCUT2D eigenvalue weighted by Gasteiger charge is 2.45. The van der Waals surface area contributed by atoms with Crippen molar-refractivity contribution in [3.05, 3.63) is 84.0 Å². The van der Waals surface area contributed by atoms with E-state index in [1.54, 1.807) is 56.0 Å². The fraction of sp³-hybridized carbons (Fsp3) is 0.296. The first-order valence-corrected chi connectivity index (χ1v) is 11.6. The molecule has 1 saturated heterocycles. The summed E-state index contributed by atoms with van der Waals surface area (Å²) in [5, 5.41) is 11.2. The summed E-state index contributed by atoms with van der Waals surface area (Å²) in [7, 11) is 1.57. The van der Waals surface area contributed by atoms with Crippen LogP contribution >= 0.6 is 0 Å². The Morgan fingerprint density at radius 3 is 2.37 bits per heavy atom. The van der Waals surface area contributed by atoms with Crippen LogP contribution in [0.5, 0.6) is 11.5 Å². The predicted molar refractivity (Wildman–Crippen MR) is 131 cm³/mol. The number of ether oxygens (including phenoxy) is 2. The first kappa shape index (κ1) is 24.1. The van der Waals surface area contributed by atoms with Crippen LogP contribution in [0.25, 0.3) is 5.76 Å². The summed E-state index contributed by atoms with van der Waals surface area (Å²) in [4.78, 5) is 31.8. The smallest absolute Gasteiger partial charge is 0.295 e. The summed E-state index contributed by atoms with van der Waals surface area (Å²) in [5.41, 5.74) is 1.24. The molecule has 0 saturated carbocycles. The summed E-state index contributed by atoms with van der Waals surface area (Å²) in [5.74, 6) is -0.190. The largest absolute Gasteiger partial charge is 0.507 e. The zero-order chi connectivity index (χ0) is 24.8. The molecule has 1 amide bonds. The predicted octanol–water partition coefficient (Wildman–Crippen LogP) is 4.19. The molecular weight excluding hydrogens is 446 g/mol. The van der Waals surface area contributed by atoms with E-state index in [1.165, 1.54) is 4.90 Å². The molecule has 1 aromatic heterocycles. The van der Waals surface area contributed by atoms with Gasteiger partial charge in [0.2, 0.25) is 0 Å². The van der Waals surface area contributed by atoms with Gasteiger partial charge in [0.25, 0.3) is 11.7 Å². The topological polar surface area (TPSA) is 93.9 Å². The molecule has 182 valence electrons. The number of aromatic nitrogens is 2. The average molecular weight is 476 g/mol. The zero-order valence-electron chi connectivity index (χ0n) is 19.9. The molecule has 1 N–H and O–H groups in total. The van der Waals surface area contributed by atoms with Gasteiger partial charge in [-0.25, -0.2) is 4.98 Å². The maximum absolute atomic E-state index is 13.2. The van der Waals surface area contributed by atoms with Crippen molar-refractivity contribution >= 4 is 17.4 Å². The molecule has 0 unspecified atom stereocenters. The quantitative estimate of drug-likeness (QED) is 0.268. The Hall–Kier alpha value is -4.07. The maximum Gasteiger partial charge on any atom is 0.295 e. The van der Waals surface area contributed by atoms with Crippen LogP contribution in [0.4, 0.5) is 0 Å². The lowest BCUT2D eigenvalue weighted by Gasteiger charge is -2.25. The van der Waals surface area contributed by atoms with E-state index in [9.17, 15) is 14.7 Å². The Balaban J connectivity index is 1.68. The Morgan fingerprint density at radius 1 is 1.03 bits per heavy atom. The molecule has 8 heteroatoms. The van der Waals surface area contributed by atoms with E-state index in [2.05, 4.69) is 4.98 Å². The minimum Gasteiger partial charge on any atom is -0.507 e. The lowest BCUT2D eigenvalue weighted by molar-refractivity contribution is -0.139. The van der Waals surface area contributed by atoms with Gasteiger partial charge in [-0.15, -0.1) is 0 Å². The molecule has 1 atom stereocenters. The van der Waals surface area contributed by atoms with E-state index in [0.29, 0.717) is 43.2 Å². The molecule has 2 aromatic carbocycles. The molecule has 2 heterocycles. The Labute approximate surface area is 204 Å². The zero-order valence-corrected chi connectivity index (χ0v) is 19.9. The van der Waals surface area contributed by atoms with Gasteiger partial charge in [0.1, 0.15) is 17.3 Å². The van der Waals surface area contributed by atoms with Crippen LogP contribution in [0.2, 0.25) is 0 Å². The lowest BCUT2D eigenvalue weighted by atomic mass is 9.95. The van der Waals surface area contributed by atoms with Gasteiger partial charge < -0.3 is 24.0 Å². The summed E-state index contributed by atoms with van der Waals surface area (Å²) in [6.45, 7) is 3.61. The van der Waals surface area contributed by atoms with Gasteiger partial charge in [-0.1, -0.05) is 19.1 Å². The number of imidazole rings is 1. The number of carbonyl (C=O) groups is 2. The number of aryl methyl sites for hydroxylation is 1. The third kappa shape index (κ3) is 5.21. The Bertz CT molecular complexity index is 1180. The SMILES string of the molecule is CCCOc1ccc(C(O)=C2C(=O)C(=O)N(CCCn3ccnc3)[C@H]2c2ccc(OC)cc2)cc1. The van der Waals surface area contributed by atoms with Crippen LogP contribution in [-0.4, -0.2) is 51.5 Å². The number of Topliss-reactive ketones (excluding diaryl/α,β-unsaturated/α-hetero) is 1. The van der Waals surface area contributed by atoms with Crippen LogP contribution < -0.4 is 9.47 Å². The summed E-state index contributed by atoms with van der Waals surface area (Å²) < 4.78 is 12.8. The molecule has 8 nitrogen and oxygen atoms in total. The number of ketones is 1. The second-order valence-electron chi connectivity index (χ2n) is 8.29. The summed E-state index contributed by atoms with van der Waals surface area (Å²) in [6, 6.07) is 13.3. The van der Waals surface area contributed by atoms with Crippen molar-refractivity contribution in [2.75, 3.05) is 20.3 Å². The third-order valence-corrected chi connectivity index (χ3v) is 5.95. The molecule has 1 aliphatic heterocycles. The molecule has 3 aromatic rings. The molecule has 0 aliphatic carbocycles. The van der Waals surface area contributed by atoms with Crippen molar-refractivity contribution in [2.45, 2.75) is 32.4 Å². The van der Waals surface area contributed by atoms with Crippen molar-refractivity contribution in [1.82, 2.24) is 14.5 Å². The normalized spacial score (nSPS) is 17.1. The van der Waals surface area contributed by atoms with Crippen LogP contribution in [0.15, 0.2) is 72.8 Å². The summed E-state index contributed by atoms with van der Waals surface area (Å²) in [6.07, 6.45) is 6.77. The number of carbonyl (C=O) groups excluding carboxylic acids is 2. The van der Waals surface area contributed by atoms with E-state index in [1.807, 2.05) is 29.8 Å². The van der Waals surface area contributed by atoms with Crippen molar-refractivity contribution < 1.29 is 24.2 Å².